The molecule has 5 nitrogen and oxygen atoms in total. The molecule has 1 N–H and O–H groups in total. The molecule has 1 aromatic rings. The maximum atomic E-state index is 6.17. The van der Waals surface area contributed by atoms with Gasteiger partial charge in [-0.25, -0.2) is 0 Å². The summed E-state index contributed by atoms with van der Waals surface area (Å²) in [5.41, 5.74) is 1.25. The molecule has 20 heavy (non-hydrogen) atoms. The van der Waals surface area contributed by atoms with Crippen LogP contribution >= 0.6 is 0 Å². The first-order valence-corrected chi connectivity index (χ1v) is 7.18. The van der Waals surface area contributed by atoms with E-state index in [-0.39, 0.29) is 17.2 Å². The molecule has 0 amide bonds. The number of aromatic nitrogens is 1. The number of hydroxylamine groups is 2. The van der Waals surface area contributed by atoms with Crippen LogP contribution in [0.4, 0.5) is 0 Å². The first-order valence-electron chi connectivity index (χ1n) is 7.18. The van der Waals surface area contributed by atoms with Gasteiger partial charge in [0.25, 0.3) is 0 Å². The van der Waals surface area contributed by atoms with Crippen molar-refractivity contribution in [2.45, 2.75) is 64.3 Å². The fourth-order valence-electron chi connectivity index (χ4n) is 3.46. The Morgan fingerprint density at radius 2 is 2.00 bits per heavy atom. The third-order valence-corrected chi connectivity index (χ3v) is 3.83. The van der Waals surface area contributed by atoms with Crippen molar-refractivity contribution in [1.29, 1.82) is 0 Å². The second kappa shape index (κ2) is 4.60. The molecule has 2 aliphatic heterocycles. The fraction of sp³-hybridized carbons (Fsp3) is 0.667. The predicted octanol–water partition coefficient (Wildman–Crippen LogP) is 2.70. The molecule has 110 valence electrons. The third-order valence-electron chi connectivity index (χ3n) is 3.83. The lowest BCUT2D eigenvalue weighted by atomic mass is 9.81. The summed E-state index contributed by atoms with van der Waals surface area (Å²) in [5.74, 6) is 0.829. The summed E-state index contributed by atoms with van der Waals surface area (Å²) in [6, 6.07) is 0. The third kappa shape index (κ3) is 2.88. The van der Waals surface area contributed by atoms with E-state index in [1.807, 2.05) is 17.3 Å². The molecule has 5 heteroatoms. The first-order chi connectivity index (χ1) is 9.33. The number of nitrogens with zero attached hydrogens (tertiary/aromatic N) is 2. The van der Waals surface area contributed by atoms with Gasteiger partial charge in [-0.1, -0.05) is 5.16 Å². The van der Waals surface area contributed by atoms with Crippen LogP contribution < -0.4 is 5.32 Å². The van der Waals surface area contributed by atoms with Crippen molar-refractivity contribution in [2.75, 3.05) is 0 Å². The quantitative estimate of drug-likeness (QED) is 0.900. The average molecular weight is 277 g/mol. The second-order valence-corrected chi connectivity index (χ2v) is 7.13. The zero-order valence-corrected chi connectivity index (χ0v) is 12.6. The minimum absolute atomic E-state index is 0.0915. The van der Waals surface area contributed by atoms with Gasteiger partial charge in [0.15, 0.2) is 5.76 Å². The van der Waals surface area contributed by atoms with E-state index in [1.165, 1.54) is 0 Å². The molecule has 0 atom stereocenters. The predicted molar refractivity (Wildman–Crippen MR) is 76.5 cm³/mol. The summed E-state index contributed by atoms with van der Waals surface area (Å²) in [7, 11) is 0. The van der Waals surface area contributed by atoms with Gasteiger partial charge >= 0.3 is 0 Å². The highest BCUT2D eigenvalue weighted by Gasteiger charge is 2.39. The topological polar surface area (TPSA) is 50.5 Å². The number of hydrogen-bond acceptors (Lipinski definition) is 5. The van der Waals surface area contributed by atoms with E-state index in [1.54, 1.807) is 6.20 Å². The average Bonchev–Trinajstić information content (AvgIpc) is 2.71. The molecule has 0 radical (unpaired) electrons. The molecule has 0 unspecified atom stereocenters. The summed E-state index contributed by atoms with van der Waals surface area (Å²) in [6.45, 7) is 9.62. The molecule has 2 aliphatic rings. The molecule has 3 heterocycles. The minimum atomic E-state index is 0.0915. The standard InChI is InChI=1S/C15H23N3O2/c1-14(2)7-12(8-15(3,4)17-14)20-18-6-5-13-11(10-18)9-16-19-13/h5-6,9,12,17H,7-8,10H2,1-4H3. The normalized spacial score (nSPS) is 24.7. The first kappa shape index (κ1) is 13.6. The Morgan fingerprint density at radius 3 is 2.70 bits per heavy atom. The maximum absolute atomic E-state index is 6.17. The van der Waals surface area contributed by atoms with Crippen LogP contribution in [0.2, 0.25) is 0 Å². The molecule has 0 saturated carbocycles. The molecule has 1 aromatic heterocycles. The van der Waals surface area contributed by atoms with Crippen LogP contribution in [0.5, 0.6) is 0 Å². The van der Waals surface area contributed by atoms with E-state index >= 15 is 0 Å². The molecule has 1 fully saturated rings. The summed E-state index contributed by atoms with van der Waals surface area (Å²) in [4.78, 5) is 6.17. The second-order valence-electron chi connectivity index (χ2n) is 7.13. The molecule has 1 saturated heterocycles. The van der Waals surface area contributed by atoms with Crippen LogP contribution in [0.25, 0.3) is 6.08 Å². The highest BCUT2D eigenvalue weighted by molar-refractivity contribution is 5.48. The van der Waals surface area contributed by atoms with Crippen molar-refractivity contribution >= 4 is 6.08 Å². The van der Waals surface area contributed by atoms with Gasteiger partial charge in [-0.15, -0.1) is 0 Å². The lowest BCUT2D eigenvalue weighted by Crippen LogP contribution is -2.60. The molecule has 0 aliphatic carbocycles. The molecule has 0 spiro atoms. The van der Waals surface area contributed by atoms with E-state index in [0.29, 0.717) is 6.54 Å². The van der Waals surface area contributed by atoms with E-state index in [4.69, 9.17) is 9.36 Å². The van der Waals surface area contributed by atoms with Crippen LogP contribution in [0.3, 0.4) is 0 Å². The van der Waals surface area contributed by atoms with Crippen LogP contribution in [0.15, 0.2) is 16.9 Å². The van der Waals surface area contributed by atoms with Gasteiger partial charge in [-0.3, -0.25) is 9.90 Å². The maximum Gasteiger partial charge on any atom is 0.166 e. The smallest absolute Gasteiger partial charge is 0.166 e. The highest BCUT2D eigenvalue weighted by atomic mass is 16.7. The van der Waals surface area contributed by atoms with Gasteiger partial charge in [0, 0.05) is 28.9 Å². The van der Waals surface area contributed by atoms with Crippen molar-refractivity contribution < 1.29 is 9.36 Å². The lowest BCUT2D eigenvalue weighted by Gasteiger charge is -2.46. The van der Waals surface area contributed by atoms with E-state index < -0.39 is 0 Å². The van der Waals surface area contributed by atoms with Crippen molar-refractivity contribution in [3.05, 3.63) is 23.7 Å². The molecule has 0 bridgehead atoms. The van der Waals surface area contributed by atoms with Gasteiger partial charge in [-0.2, -0.15) is 0 Å². The van der Waals surface area contributed by atoms with Crippen molar-refractivity contribution in [2.24, 2.45) is 0 Å². The molecule has 0 aromatic carbocycles. The SMILES string of the molecule is CC1(C)CC(ON2C=Cc3oncc3C2)CC(C)(C)N1. The minimum Gasteiger partial charge on any atom is -0.357 e. The number of rotatable bonds is 2. The van der Waals surface area contributed by atoms with Crippen LogP contribution in [0, 0.1) is 0 Å². The molecular formula is C15H23N3O2. The van der Waals surface area contributed by atoms with Gasteiger partial charge in [0.1, 0.15) is 0 Å². The van der Waals surface area contributed by atoms with Crippen LogP contribution in [-0.2, 0) is 11.4 Å². The van der Waals surface area contributed by atoms with Crippen molar-refractivity contribution in [3.8, 4) is 0 Å². The lowest BCUT2D eigenvalue weighted by molar-refractivity contribution is -0.192. The number of fused-ring (bicyclic) bond motifs is 1. The summed E-state index contributed by atoms with van der Waals surface area (Å²) >= 11 is 0. The van der Waals surface area contributed by atoms with Crippen molar-refractivity contribution in [1.82, 2.24) is 15.5 Å². The number of hydrogen-bond donors (Lipinski definition) is 1. The molecule has 3 rings (SSSR count). The summed E-state index contributed by atoms with van der Waals surface area (Å²) in [6.07, 6.45) is 7.80. The Labute approximate surface area is 119 Å². The van der Waals surface area contributed by atoms with E-state index in [2.05, 4.69) is 38.2 Å². The monoisotopic (exact) mass is 277 g/mol. The van der Waals surface area contributed by atoms with E-state index in [0.717, 1.165) is 24.2 Å². The van der Waals surface area contributed by atoms with Crippen LogP contribution in [-0.4, -0.2) is 27.4 Å². The zero-order chi connectivity index (χ0) is 14.4. The van der Waals surface area contributed by atoms with Gasteiger partial charge in [0.2, 0.25) is 0 Å². The highest BCUT2D eigenvalue weighted by Crippen LogP contribution is 2.31. The number of piperidine rings is 1. The van der Waals surface area contributed by atoms with E-state index in [9.17, 15) is 0 Å². The van der Waals surface area contributed by atoms with Gasteiger partial charge in [-0.05, 0) is 40.5 Å². The van der Waals surface area contributed by atoms with Gasteiger partial charge in [0.05, 0.1) is 18.8 Å². The molecular weight excluding hydrogens is 254 g/mol. The Balaban J connectivity index is 1.66. The largest absolute Gasteiger partial charge is 0.357 e. The van der Waals surface area contributed by atoms with Gasteiger partial charge < -0.3 is 9.84 Å². The van der Waals surface area contributed by atoms with Crippen molar-refractivity contribution in [3.63, 3.8) is 0 Å². The zero-order valence-electron chi connectivity index (χ0n) is 12.6. The fourth-order valence-corrected chi connectivity index (χ4v) is 3.46. The summed E-state index contributed by atoms with van der Waals surface area (Å²) in [5, 5.41) is 9.37. The Bertz CT molecular complexity index is 503. The Kier molecular flexibility index (Phi) is 3.14. The number of nitrogens with one attached hydrogen (secondary N) is 1. The Morgan fingerprint density at radius 1 is 1.30 bits per heavy atom. The Hall–Kier alpha value is -1.33. The van der Waals surface area contributed by atoms with Crippen LogP contribution in [0.1, 0.15) is 51.9 Å². The summed E-state index contributed by atoms with van der Waals surface area (Å²) < 4.78 is 5.13.